The number of aryl methyl sites for hydroxylation is 1. The fourth-order valence-electron chi connectivity index (χ4n) is 4.85. The second-order valence-corrected chi connectivity index (χ2v) is 11.4. The van der Waals surface area contributed by atoms with Gasteiger partial charge in [-0.05, 0) is 58.8 Å². The van der Waals surface area contributed by atoms with Gasteiger partial charge < -0.3 is 10.1 Å². The van der Waals surface area contributed by atoms with E-state index in [1.807, 2.05) is 0 Å². The number of carbonyl (C=O) groups excluding carboxylic acids is 4. The lowest BCUT2D eigenvalue weighted by atomic mass is 9.81. The number of fused-ring (bicyclic) bond motifs is 5. The predicted octanol–water partition coefficient (Wildman–Crippen LogP) is 3.67. The third-order valence-electron chi connectivity index (χ3n) is 6.27. The molecule has 1 heterocycles. The molecular weight excluding hydrogens is 623 g/mol. The van der Waals surface area contributed by atoms with Crippen molar-refractivity contribution in [2.45, 2.75) is 23.0 Å². The van der Waals surface area contributed by atoms with Gasteiger partial charge in [0, 0.05) is 19.8 Å². The Labute approximate surface area is 208 Å². The van der Waals surface area contributed by atoms with E-state index in [1.165, 1.54) is 0 Å². The number of carbonyl (C=O) groups is 4. The van der Waals surface area contributed by atoms with E-state index in [2.05, 4.69) is 53.1 Å². The largest absolute Gasteiger partial charge is 0.454 e. The summed E-state index contributed by atoms with van der Waals surface area (Å²) in [4.78, 5) is 51.3. The zero-order chi connectivity index (χ0) is 22.6. The Morgan fingerprint density at radius 2 is 1.74 bits per heavy atom. The van der Waals surface area contributed by atoms with E-state index in [-0.39, 0.29) is 33.3 Å². The molecule has 1 aromatic rings. The first kappa shape index (κ1) is 23.2. The summed E-state index contributed by atoms with van der Waals surface area (Å²) >= 11 is 16.6. The zero-order valence-electron chi connectivity index (χ0n) is 16.2. The molecule has 3 aliphatic rings. The number of hydrogen-bond donors (Lipinski definition) is 1. The van der Waals surface area contributed by atoms with Crippen molar-refractivity contribution in [3.05, 3.63) is 27.2 Å². The third kappa shape index (κ3) is 4.09. The van der Waals surface area contributed by atoms with Crippen LogP contribution in [0.4, 0.5) is 5.69 Å². The third-order valence-corrected chi connectivity index (χ3v) is 10.7. The highest BCUT2D eigenvalue weighted by Crippen LogP contribution is 2.60. The van der Waals surface area contributed by atoms with Crippen LogP contribution in [0.3, 0.4) is 0 Å². The number of amides is 3. The van der Waals surface area contributed by atoms with Gasteiger partial charge in [-0.15, -0.1) is 0 Å². The van der Waals surface area contributed by atoms with Crippen molar-refractivity contribution in [3.63, 3.8) is 0 Å². The fourth-order valence-corrected chi connectivity index (χ4v) is 7.35. The molecule has 6 atom stereocenters. The number of benzene rings is 1. The molecule has 2 bridgehead atoms. The maximum absolute atomic E-state index is 12.8. The average molecular weight is 642 g/mol. The second-order valence-electron chi connectivity index (χ2n) is 8.06. The normalized spacial score (nSPS) is 31.2. The van der Waals surface area contributed by atoms with Crippen molar-refractivity contribution in [1.82, 2.24) is 4.90 Å². The Morgan fingerprint density at radius 3 is 2.32 bits per heavy atom. The number of nitrogens with zero attached hydrogens (tertiary/aromatic N) is 1. The number of halogens is 4. The molecule has 0 spiro atoms. The minimum absolute atomic E-state index is 0.0728. The highest BCUT2D eigenvalue weighted by atomic mass is 79.9. The number of alkyl halides is 2. The molecule has 0 radical (unpaired) electrons. The number of anilines is 1. The summed E-state index contributed by atoms with van der Waals surface area (Å²) in [6.45, 7) is 0.778. The van der Waals surface area contributed by atoms with Crippen LogP contribution in [0.15, 0.2) is 16.6 Å². The van der Waals surface area contributed by atoms with Gasteiger partial charge in [-0.3, -0.25) is 24.1 Å². The number of nitrogens with one attached hydrogen (secondary N) is 1. The van der Waals surface area contributed by atoms with Gasteiger partial charge in [-0.2, -0.15) is 0 Å². The molecule has 11 heteroatoms. The first-order valence-electron chi connectivity index (χ1n) is 9.64. The minimum Gasteiger partial charge on any atom is -0.454 e. The topological polar surface area (TPSA) is 92.8 Å². The van der Waals surface area contributed by atoms with Gasteiger partial charge in [0.2, 0.25) is 11.8 Å². The maximum Gasteiger partial charge on any atom is 0.326 e. The molecular formula is C20H18Br3ClN2O5. The Morgan fingerprint density at radius 1 is 1.16 bits per heavy atom. The molecule has 3 fully saturated rings. The lowest BCUT2D eigenvalue weighted by molar-refractivity contribution is -0.154. The molecule has 7 nitrogen and oxygen atoms in total. The van der Waals surface area contributed by atoms with Crippen LogP contribution < -0.4 is 5.32 Å². The number of imide groups is 1. The molecule has 1 aliphatic heterocycles. The minimum atomic E-state index is -0.805. The lowest BCUT2D eigenvalue weighted by Crippen LogP contribution is -2.38. The summed E-state index contributed by atoms with van der Waals surface area (Å²) in [6, 6.07) is 3.34. The van der Waals surface area contributed by atoms with E-state index in [9.17, 15) is 19.2 Å². The molecule has 0 unspecified atom stereocenters. The first-order valence-corrected chi connectivity index (χ1v) is 12.6. The summed E-state index contributed by atoms with van der Waals surface area (Å²) in [5, 5.41) is 3.06. The summed E-state index contributed by atoms with van der Waals surface area (Å²) in [5.41, 5.74) is 1.27. The Bertz CT molecular complexity index is 958. The Kier molecular flexibility index (Phi) is 6.55. The average Bonchev–Trinajstić information content (AvgIpc) is 3.31. The first-order chi connectivity index (χ1) is 14.6. The van der Waals surface area contributed by atoms with Crippen molar-refractivity contribution in [1.29, 1.82) is 0 Å². The fraction of sp³-hybridized carbons (Fsp3) is 0.500. The van der Waals surface area contributed by atoms with Gasteiger partial charge in [-0.1, -0.05) is 43.5 Å². The van der Waals surface area contributed by atoms with Crippen molar-refractivity contribution in [3.8, 4) is 0 Å². The highest BCUT2D eigenvalue weighted by Gasteiger charge is 2.66. The molecule has 1 aromatic carbocycles. The van der Waals surface area contributed by atoms with Crippen LogP contribution in [0.1, 0.15) is 12.0 Å². The van der Waals surface area contributed by atoms with Gasteiger partial charge in [0.15, 0.2) is 6.61 Å². The molecule has 3 amide bonds. The number of likely N-dealkylation sites (tertiary alicyclic amines) is 1. The lowest BCUT2D eigenvalue weighted by Gasteiger charge is -2.28. The monoisotopic (exact) mass is 638 g/mol. The van der Waals surface area contributed by atoms with Gasteiger partial charge in [0.05, 0.1) is 16.9 Å². The number of ether oxygens (including phenoxy) is 1. The molecule has 1 N–H and O–H groups in total. The Balaban J connectivity index is 1.33. The van der Waals surface area contributed by atoms with Gasteiger partial charge in [0.1, 0.15) is 6.54 Å². The quantitative estimate of drug-likeness (QED) is 0.301. The van der Waals surface area contributed by atoms with Gasteiger partial charge >= 0.3 is 5.97 Å². The van der Waals surface area contributed by atoms with Crippen LogP contribution in [-0.2, 0) is 23.9 Å². The van der Waals surface area contributed by atoms with Crippen molar-refractivity contribution in [2.24, 2.45) is 23.7 Å². The number of rotatable bonds is 5. The van der Waals surface area contributed by atoms with E-state index in [4.69, 9.17) is 16.3 Å². The van der Waals surface area contributed by atoms with Crippen molar-refractivity contribution >= 4 is 88.8 Å². The molecule has 166 valence electrons. The molecule has 1 saturated heterocycles. The van der Waals surface area contributed by atoms with Gasteiger partial charge in [-0.25, -0.2) is 0 Å². The SMILES string of the molecule is Cc1cc(Br)c(Cl)cc1NC(=O)COC(=O)CN1C(=O)[C@@H]2[C@H]3C[C@@H]([C@@H](Br)[C@H]3Br)[C@H]2C1=O. The van der Waals surface area contributed by atoms with Crippen LogP contribution >= 0.6 is 59.4 Å². The van der Waals surface area contributed by atoms with Crippen molar-refractivity contribution < 1.29 is 23.9 Å². The van der Waals surface area contributed by atoms with Crippen molar-refractivity contribution in [2.75, 3.05) is 18.5 Å². The van der Waals surface area contributed by atoms with E-state index in [0.717, 1.165) is 16.9 Å². The summed E-state index contributed by atoms with van der Waals surface area (Å²) in [7, 11) is 0. The molecule has 4 rings (SSSR count). The molecule has 0 aromatic heterocycles. The Hall–Kier alpha value is -0.970. The van der Waals surface area contributed by atoms with Crippen LogP contribution in [-0.4, -0.2) is 51.4 Å². The standard InChI is InChI=1S/C20H18Br3ClN2O5/c1-7-2-10(21)11(24)4-12(7)25-13(27)6-31-14(28)5-26-19(29)15-8-3-9(16(15)20(26)30)18(23)17(8)22/h2,4,8-9,15-18H,3,5-6H2,1H3,(H,25,27)/t8-,9-,15-,16-,17-,18+/m1/s1. The van der Waals surface area contributed by atoms with E-state index in [1.54, 1.807) is 19.1 Å². The second kappa shape index (κ2) is 8.76. The van der Waals surface area contributed by atoms with Crippen LogP contribution in [0.2, 0.25) is 5.02 Å². The number of hydrogen-bond acceptors (Lipinski definition) is 5. The maximum atomic E-state index is 12.8. The van der Waals surface area contributed by atoms with Crippen LogP contribution in [0.5, 0.6) is 0 Å². The van der Waals surface area contributed by atoms with E-state index >= 15 is 0 Å². The summed E-state index contributed by atoms with van der Waals surface area (Å²) in [5.74, 6) is -2.64. The molecule has 2 saturated carbocycles. The van der Waals surface area contributed by atoms with E-state index < -0.39 is 36.9 Å². The smallest absolute Gasteiger partial charge is 0.326 e. The van der Waals surface area contributed by atoms with E-state index in [0.29, 0.717) is 15.2 Å². The van der Waals surface area contributed by atoms with Crippen LogP contribution in [0.25, 0.3) is 0 Å². The molecule has 31 heavy (non-hydrogen) atoms. The zero-order valence-corrected chi connectivity index (χ0v) is 21.8. The number of esters is 1. The van der Waals surface area contributed by atoms with Crippen LogP contribution in [0, 0.1) is 30.6 Å². The highest BCUT2D eigenvalue weighted by molar-refractivity contribution is 9.12. The molecule has 2 aliphatic carbocycles. The van der Waals surface area contributed by atoms with Gasteiger partial charge in [0.25, 0.3) is 5.91 Å². The predicted molar refractivity (Wildman–Crippen MR) is 124 cm³/mol. The summed E-state index contributed by atoms with van der Waals surface area (Å²) < 4.78 is 5.70. The summed E-state index contributed by atoms with van der Waals surface area (Å²) in [6.07, 6.45) is 0.816.